The molecule has 0 unspecified atom stereocenters. The van der Waals surface area contributed by atoms with Gasteiger partial charge in [0.25, 0.3) is 5.79 Å². The van der Waals surface area contributed by atoms with Crippen LogP contribution in [0.3, 0.4) is 0 Å². The molecule has 7 heteroatoms. The van der Waals surface area contributed by atoms with Crippen molar-refractivity contribution < 1.29 is 19.1 Å². The molecule has 2 fully saturated rings. The van der Waals surface area contributed by atoms with Gasteiger partial charge in [0, 0.05) is 49.0 Å². The normalized spacial score (nSPS) is 27.1. The monoisotopic (exact) mass is 367 g/mol. The number of fused-ring (bicyclic) bond motifs is 4. The van der Waals surface area contributed by atoms with Gasteiger partial charge < -0.3 is 14.4 Å². The molecule has 1 aromatic carbocycles. The third kappa shape index (κ3) is 2.23. The smallest absolute Gasteiger partial charge is 0.329 e. The van der Waals surface area contributed by atoms with Gasteiger partial charge >= 0.3 is 11.9 Å². The summed E-state index contributed by atoms with van der Waals surface area (Å²) in [5.74, 6) is -0.569. The van der Waals surface area contributed by atoms with Crippen molar-refractivity contribution in [3.05, 3.63) is 28.8 Å². The Labute approximate surface area is 149 Å². The predicted octanol–water partition coefficient (Wildman–Crippen LogP) is 2.64. The Hall–Kier alpha value is -1.40. The van der Waals surface area contributed by atoms with Crippen LogP contribution in [0.15, 0.2) is 18.2 Å². The Kier molecular flexibility index (Phi) is 3.55. The van der Waals surface area contributed by atoms with E-state index in [-0.39, 0.29) is 12.5 Å². The number of carbonyl (C=O) groups is 2. The second-order valence-electron chi connectivity index (χ2n) is 6.88. The molecule has 5 nitrogen and oxygen atoms in total. The molecule has 1 atom stereocenters. The first-order chi connectivity index (χ1) is 11.3. The van der Waals surface area contributed by atoms with Gasteiger partial charge in [-0.3, -0.25) is 9.59 Å². The van der Waals surface area contributed by atoms with Gasteiger partial charge in [0.2, 0.25) is 0 Å². The molecule has 128 valence electrons. The Morgan fingerprint density at radius 3 is 2.67 bits per heavy atom. The third-order valence-corrected chi connectivity index (χ3v) is 6.19. The first-order valence-electron chi connectivity index (χ1n) is 7.93. The van der Waals surface area contributed by atoms with Crippen molar-refractivity contribution in [3.63, 3.8) is 0 Å². The lowest BCUT2D eigenvalue weighted by Gasteiger charge is -2.52. The number of rotatable bonds is 0. The Bertz CT molecular complexity index is 715. The summed E-state index contributed by atoms with van der Waals surface area (Å²) in [4.78, 5) is 28.0. The summed E-state index contributed by atoms with van der Waals surface area (Å²) >= 11 is 7.91. The maximum Gasteiger partial charge on any atom is 0.329 e. The number of ether oxygens (including phenoxy) is 2. The van der Waals surface area contributed by atoms with Gasteiger partial charge in [0.15, 0.2) is 5.41 Å². The zero-order chi connectivity index (χ0) is 17.1. The number of anilines is 1. The maximum absolute atomic E-state index is 12.9. The lowest BCUT2D eigenvalue weighted by atomic mass is 9.71. The summed E-state index contributed by atoms with van der Waals surface area (Å²) in [5, 5.41) is 0.650. The van der Waals surface area contributed by atoms with Crippen molar-refractivity contribution in [2.45, 2.75) is 32.1 Å². The van der Waals surface area contributed by atoms with E-state index in [0.717, 1.165) is 23.5 Å². The third-order valence-electron chi connectivity index (χ3n) is 4.93. The summed E-state index contributed by atoms with van der Waals surface area (Å²) in [6.45, 7) is 3.92. The Morgan fingerprint density at radius 1 is 1.25 bits per heavy atom. The van der Waals surface area contributed by atoms with Crippen LogP contribution in [0, 0.1) is 5.41 Å². The van der Waals surface area contributed by atoms with Gasteiger partial charge in [-0.2, -0.15) is 11.8 Å². The quantitative estimate of drug-likeness (QED) is 0.519. The van der Waals surface area contributed by atoms with Crippen molar-refractivity contribution in [2.24, 2.45) is 5.41 Å². The van der Waals surface area contributed by atoms with Crippen molar-refractivity contribution in [1.82, 2.24) is 0 Å². The molecule has 0 amide bonds. The minimum Gasteiger partial charge on any atom is -0.422 e. The number of halogens is 1. The highest BCUT2D eigenvalue weighted by Crippen LogP contribution is 2.49. The van der Waals surface area contributed by atoms with E-state index in [4.69, 9.17) is 21.1 Å². The average Bonchev–Trinajstić information content (AvgIpc) is 2.52. The fourth-order valence-electron chi connectivity index (χ4n) is 3.82. The molecule has 3 heterocycles. The summed E-state index contributed by atoms with van der Waals surface area (Å²) in [5.41, 5.74) is 0.629. The van der Waals surface area contributed by atoms with Gasteiger partial charge in [0.1, 0.15) is 0 Å². The molecule has 0 aliphatic carbocycles. The summed E-state index contributed by atoms with van der Waals surface area (Å²) in [6, 6.07) is 5.31. The number of esters is 2. The van der Waals surface area contributed by atoms with Crippen LogP contribution in [0.2, 0.25) is 5.02 Å². The van der Waals surface area contributed by atoms with Gasteiger partial charge in [-0.15, -0.1) is 0 Å². The van der Waals surface area contributed by atoms with E-state index in [9.17, 15) is 9.59 Å². The highest BCUT2D eigenvalue weighted by atomic mass is 35.5. The van der Waals surface area contributed by atoms with Crippen LogP contribution in [0.5, 0.6) is 0 Å². The van der Waals surface area contributed by atoms with E-state index in [1.54, 1.807) is 31.7 Å². The molecule has 3 aliphatic heterocycles. The van der Waals surface area contributed by atoms with Gasteiger partial charge in [0.05, 0.1) is 6.04 Å². The molecule has 1 aromatic rings. The van der Waals surface area contributed by atoms with Crippen molar-refractivity contribution in [1.29, 1.82) is 0 Å². The van der Waals surface area contributed by atoms with Crippen LogP contribution in [0.25, 0.3) is 0 Å². The van der Waals surface area contributed by atoms with Crippen LogP contribution in [-0.4, -0.2) is 41.8 Å². The largest absolute Gasteiger partial charge is 0.422 e. The zero-order valence-electron chi connectivity index (χ0n) is 13.5. The number of carbonyl (C=O) groups excluding carboxylic acids is 2. The van der Waals surface area contributed by atoms with Crippen LogP contribution >= 0.6 is 23.4 Å². The lowest BCUT2D eigenvalue weighted by molar-refractivity contribution is -0.252. The molecule has 24 heavy (non-hydrogen) atoms. The average molecular weight is 368 g/mol. The van der Waals surface area contributed by atoms with E-state index in [2.05, 4.69) is 4.90 Å². The summed E-state index contributed by atoms with van der Waals surface area (Å²) in [7, 11) is 0. The number of benzene rings is 1. The zero-order valence-corrected chi connectivity index (χ0v) is 15.1. The second kappa shape index (κ2) is 5.30. The molecule has 0 aromatic heterocycles. The highest BCUT2D eigenvalue weighted by Gasteiger charge is 2.64. The maximum atomic E-state index is 12.9. The molecule has 0 bridgehead atoms. The molecular formula is C17H18ClNO4S. The number of thioether (sulfide) groups is 1. The molecule has 1 spiro atoms. The molecule has 0 saturated carbocycles. The first kappa shape index (κ1) is 16.1. The summed E-state index contributed by atoms with van der Waals surface area (Å²) in [6.07, 6.45) is 0.287. The molecule has 3 aliphatic rings. The lowest BCUT2D eigenvalue weighted by Crippen LogP contribution is -2.67. The van der Waals surface area contributed by atoms with Crippen LogP contribution in [-0.2, 0) is 25.5 Å². The van der Waals surface area contributed by atoms with Crippen molar-refractivity contribution in [3.8, 4) is 0 Å². The summed E-state index contributed by atoms with van der Waals surface area (Å²) < 4.78 is 11.0. The molecule has 4 rings (SSSR count). The van der Waals surface area contributed by atoms with Gasteiger partial charge in [-0.1, -0.05) is 17.7 Å². The fraction of sp³-hybridized carbons (Fsp3) is 0.529. The second-order valence-corrected chi connectivity index (χ2v) is 8.47. The minimum absolute atomic E-state index is 0.279. The molecule has 0 radical (unpaired) electrons. The van der Waals surface area contributed by atoms with Crippen LogP contribution in [0.1, 0.15) is 19.4 Å². The van der Waals surface area contributed by atoms with Gasteiger partial charge in [-0.05, 0) is 17.7 Å². The number of nitrogens with zero attached hydrogens (tertiary/aromatic N) is 1. The van der Waals surface area contributed by atoms with Crippen LogP contribution in [0.4, 0.5) is 5.69 Å². The van der Waals surface area contributed by atoms with E-state index in [1.165, 1.54) is 0 Å². The number of hydrogen-bond acceptors (Lipinski definition) is 6. The minimum atomic E-state index is -1.30. The number of cyclic esters (lactones) is 2. The highest BCUT2D eigenvalue weighted by molar-refractivity contribution is 7.99. The Balaban J connectivity index is 1.86. The molecule has 2 saturated heterocycles. The standard InChI is InChI=1S/C17H18ClNO4S/c1-16(2)22-14(20)17(15(21)23-16)8-10-3-4-11(18)7-12(10)19-5-6-24-9-13(17)19/h3-4,7,13H,5-6,8-9H2,1-2H3/t13-/m0/s1. The first-order valence-corrected chi connectivity index (χ1v) is 9.46. The fourth-order valence-corrected chi connectivity index (χ4v) is 5.17. The molecule has 0 N–H and O–H groups in total. The van der Waals surface area contributed by atoms with Crippen LogP contribution < -0.4 is 4.90 Å². The molecular weight excluding hydrogens is 350 g/mol. The topological polar surface area (TPSA) is 55.8 Å². The van der Waals surface area contributed by atoms with E-state index >= 15 is 0 Å². The Morgan fingerprint density at radius 2 is 1.96 bits per heavy atom. The number of hydrogen-bond donors (Lipinski definition) is 0. The SMILES string of the molecule is CC1(C)OC(=O)C2(Cc3ccc(Cl)cc3N3CCSC[C@H]32)C(=O)O1. The predicted molar refractivity (Wildman–Crippen MR) is 92.3 cm³/mol. The van der Waals surface area contributed by atoms with Gasteiger partial charge in [-0.25, -0.2) is 0 Å². The van der Waals surface area contributed by atoms with E-state index in [0.29, 0.717) is 10.8 Å². The van der Waals surface area contributed by atoms with E-state index < -0.39 is 23.1 Å². The van der Waals surface area contributed by atoms with Crippen molar-refractivity contribution >= 4 is 41.0 Å². The van der Waals surface area contributed by atoms with Crippen molar-refractivity contribution in [2.75, 3.05) is 23.0 Å². The van der Waals surface area contributed by atoms with E-state index in [1.807, 2.05) is 12.1 Å².